The zero-order valence-electron chi connectivity index (χ0n) is 16.7. The minimum Gasteiger partial charge on any atom is -0.497 e. The Hall–Kier alpha value is -2.83. The van der Waals surface area contributed by atoms with Crippen LogP contribution in [0, 0.1) is 19.3 Å². The molecule has 1 aromatic carbocycles. The third kappa shape index (κ3) is 2.68. The molecular weight excluding hydrogens is 358 g/mol. The molecule has 0 spiro atoms. The topological polar surface area (TPSA) is 84.8 Å². The highest BCUT2D eigenvalue weighted by Gasteiger charge is 2.57. The van der Waals surface area contributed by atoms with Crippen LogP contribution in [-0.2, 0) is 11.2 Å². The number of anilines is 1. The van der Waals surface area contributed by atoms with Crippen LogP contribution in [0.2, 0.25) is 0 Å². The molecule has 2 atom stereocenters. The van der Waals surface area contributed by atoms with Crippen molar-refractivity contribution < 1.29 is 19.4 Å². The van der Waals surface area contributed by atoms with Crippen LogP contribution in [0.1, 0.15) is 35.5 Å². The van der Waals surface area contributed by atoms with Crippen molar-refractivity contribution in [2.24, 2.45) is 5.41 Å². The van der Waals surface area contributed by atoms with Crippen LogP contribution in [0.5, 0.6) is 11.5 Å². The number of methoxy groups -OCH3 is 1. The van der Waals surface area contributed by atoms with E-state index in [-0.39, 0.29) is 12.5 Å². The molecule has 7 nitrogen and oxygen atoms in total. The lowest BCUT2D eigenvalue weighted by molar-refractivity contribution is -0.151. The van der Waals surface area contributed by atoms with Gasteiger partial charge in [0.05, 0.1) is 7.11 Å². The van der Waals surface area contributed by atoms with Gasteiger partial charge in [-0.1, -0.05) is 13.0 Å². The molecule has 1 fully saturated rings. The Balaban J connectivity index is 1.80. The highest BCUT2D eigenvalue weighted by Crippen LogP contribution is 2.51. The highest BCUT2D eigenvalue weighted by atomic mass is 16.5. The molecule has 2 aliphatic heterocycles. The third-order valence-electron chi connectivity index (χ3n) is 6.01. The van der Waals surface area contributed by atoms with Gasteiger partial charge in [0.2, 0.25) is 0 Å². The van der Waals surface area contributed by atoms with Gasteiger partial charge in [0, 0.05) is 41.9 Å². The van der Waals surface area contributed by atoms with Crippen molar-refractivity contribution in [1.29, 1.82) is 0 Å². The SMILES string of the molecule is CCc1c(C)nc(C)nc1N1C[C@@H]2c3ccc(OC)cc3OC[C@]2(C(=O)O)C1. The summed E-state index contributed by atoms with van der Waals surface area (Å²) in [6, 6.07) is 5.62. The van der Waals surface area contributed by atoms with Gasteiger partial charge in [0.1, 0.15) is 35.2 Å². The molecule has 2 aromatic rings. The minimum absolute atomic E-state index is 0.133. The first-order chi connectivity index (χ1) is 13.4. The average Bonchev–Trinajstić information content (AvgIpc) is 3.08. The van der Waals surface area contributed by atoms with Gasteiger partial charge in [-0.25, -0.2) is 9.97 Å². The van der Waals surface area contributed by atoms with Crippen LogP contribution in [0.15, 0.2) is 18.2 Å². The normalized spacial score (nSPS) is 23.0. The van der Waals surface area contributed by atoms with Gasteiger partial charge in [-0.05, 0) is 26.3 Å². The van der Waals surface area contributed by atoms with Crippen molar-refractivity contribution >= 4 is 11.8 Å². The number of nitrogens with zero attached hydrogens (tertiary/aromatic N) is 3. The maximum Gasteiger partial charge on any atom is 0.315 e. The van der Waals surface area contributed by atoms with Crippen LogP contribution in [0.3, 0.4) is 0 Å². The number of carboxylic acids is 1. The van der Waals surface area contributed by atoms with Crippen LogP contribution in [-0.4, -0.2) is 47.8 Å². The van der Waals surface area contributed by atoms with Gasteiger partial charge < -0.3 is 19.5 Å². The predicted molar refractivity (Wildman–Crippen MR) is 104 cm³/mol. The summed E-state index contributed by atoms with van der Waals surface area (Å²) in [6.07, 6.45) is 0.799. The lowest BCUT2D eigenvalue weighted by Crippen LogP contribution is -2.45. The van der Waals surface area contributed by atoms with Crippen LogP contribution < -0.4 is 14.4 Å². The number of ether oxygens (including phenoxy) is 2. The summed E-state index contributed by atoms with van der Waals surface area (Å²) >= 11 is 0. The molecule has 7 heteroatoms. The minimum atomic E-state index is -1.00. The Morgan fingerprint density at radius 1 is 1.39 bits per heavy atom. The maximum atomic E-state index is 12.4. The first-order valence-corrected chi connectivity index (χ1v) is 9.52. The fourth-order valence-corrected chi connectivity index (χ4v) is 4.55. The highest BCUT2D eigenvalue weighted by molar-refractivity contribution is 5.80. The average molecular weight is 383 g/mol. The predicted octanol–water partition coefficient (Wildman–Crippen LogP) is 2.73. The lowest BCUT2D eigenvalue weighted by atomic mass is 9.73. The number of carbonyl (C=O) groups is 1. The second-order valence-electron chi connectivity index (χ2n) is 7.60. The Kier molecular flexibility index (Phi) is 4.40. The third-order valence-corrected chi connectivity index (χ3v) is 6.01. The molecule has 0 aliphatic carbocycles. The Morgan fingerprint density at radius 2 is 2.18 bits per heavy atom. The van der Waals surface area contributed by atoms with Gasteiger partial charge in [-0.15, -0.1) is 0 Å². The first-order valence-electron chi connectivity index (χ1n) is 9.52. The van der Waals surface area contributed by atoms with Gasteiger partial charge in [-0.3, -0.25) is 4.79 Å². The lowest BCUT2D eigenvalue weighted by Gasteiger charge is -2.35. The van der Waals surface area contributed by atoms with Crippen molar-refractivity contribution in [1.82, 2.24) is 9.97 Å². The van der Waals surface area contributed by atoms with Crippen LogP contribution in [0.4, 0.5) is 5.82 Å². The molecule has 0 radical (unpaired) electrons. The van der Waals surface area contributed by atoms with Gasteiger partial charge in [-0.2, -0.15) is 0 Å². The molecule has 1 N–H and O–H groups in total. The van der Waals surface area contributed by atoms with Gasteiger partial charge in [0.15, 0.2) is 0 Å². The van der Waals surface area contributed by atoms with E-state index in [1.165, 1.54) is 0 Å². The van der Waals surface area contributed by atoms with Crippen LogP contribution in [0.25, 0.3) is 0 Å². The van der Waals surface area contributed by atoms with E-state index in [4.69, 9.17) is 9.47 Å². The number of benzene rings is 1. The number of aliphatic carboxylic acids is 1. The summed E-state index contributed by atoms with van der Waals surface area (Å²) in [4.78, 5) is 23.7. The van der Waals surface area contributed by atoms with E-state index in [0.29, 0.717) is 30.4 Å². The zero-order valence-corrected chi connectivity index (χ0v) is 16.7. The van der Waals surface area contributed by atoms with Crippen molar-refractivity contribution in [3.63, 3.8) is 0 Å². The van der Waals surface area contributed by atoms with Crippen LogP contribution >= 0.6 is 0 Å². The molecule has 1 saturated heterocycles. The Labute approximate surface area is 164 Å². The van der Waals surface area contributed by atoms with Gasteiger partial charge >= 0.3 is 5.97 Å². The van der Waals surface area contributed by atoms with E-state index in [1.54, 1.807) is 7.11 Å². The van der Waals surface area contributed by atoms with Crippen molar-refractivity contribution in [2.75, 3.05) is 31.7 Å². The van der Waals surface area contributed by atoms with E-state index in [0.717, 1.165) is 29.1 Å². The molecule has 2 aliphatic rings. The summed E-state index contributed by atoms with van der Waals surface area (Å²) < 4.78 is 11.2. The van der Waals surface area contributed by atoms with Crippen molar-refractivity contribution in [3.8, 4) is 11.5 Å². The van der Waals surface area contributed by atoms with Crippen molar-refractivity contribution in [2.45, 2.75) is 33.1 Å². The quantitative estimate of drug-likeness (QED) is 0.869. The van der Waals surface area contributed by atoms with Crippen molar-refractivity contribution in [3.05, 3.63) is 40.8 Å². The summed E-state index contributed by atoms with van der Waals surface area (Å²) in [7, 11) is 1.61. The standard InChI is InChI=1S/C21H25N3O4/c1-5-15-12(2)22-13(3)23-19(15)24-9-17-16-7-6-14(27-4)8-18(16)28-11-21(17,10-24)20(25)26/h6-8,17H,5,9-11H2,1-4H3,(H,25,26)/t17-,21-/m1/s1. The number of hydrogen-bond acceptors (Lipinski definition) is 6. The zero-order chi connectivity index (χ0) is 20.1. The summed E-state index contributed by atoms with van der Waals surface area (Å²) in [5.74, 6) is 1.94. The molecule has 28 heavy (non-hydrogen) atoms. The Morgan fingerprint density at radius 3 is 2.86 bits per heavy atom. The summed E-state index contributed by atoms with van der Waals surface area (Å²) in [5, 5.41) is 10.2. The summed E-state index contributed by atoms with van der Waals surface area (Å²) in [6.45, 7) is 7.01. The van der Waals surface area contributed by atoms with E-state index >= 15 is 0 Å². The van der Waals surface area contributed by atoms with E-state index in [2.05, 4.69) is 21.8 Å². The first kappa shape index (κ1) is 18.5. The number of hydrogen-bond donors (Lipinski definition) is 1. The molecule has 1 aromatic heterocycles. The number of rotatable bonds is 4. The smallest absolute Gasteiger partial charge is 0.315 e. The summed E-state index contributed by atoms with van der Waals surface area (Å²) in [5.41, 5.74) is 1.93. The largest absolute Gasteiger partial charge is 0.497 e. The molecule has 3 heterocycles. The van der Waals surface area contributed by atoms with Gasteiger partial charge in [0.25, 0.3) is 0 Å². The number of fused-ring (bicyclic) bond motifs is 3. The fourth-order valence-electron chi connectivity index (χ4n) is 4.55. The second-order valence-corrected chi connectivity index (χ2v) is 7.60. The van der Waals surface area contributed by atoms with E-state index in [1.807, 2.05) is 32.0 Å². The van der Waals surface area contributed by atoms with E-state index in [9.17, 15) is 9.90 Å². The molecule has 0 amide bonds. The Bertz CT molecular complexity index is 945. The molecule has 4 rings (SSSR count). The number of carboxylic acid groups (broad SMARTS) is 1. The fraction of sp³-hybridized carbons (Fsp3) is 0.476. The van der Waals surface area contributed by atoms with E-state index < -0.39 is 11.4 Å². The monoisotopic (exact) mass is 383 g/mol. The molecule has 148 valence electrons. The molecule has 0 unspecified atom stereocenters. The molecule has 0 bridgehead atoms. The molecular formula is C21H25N3O4. The second kappa shape index (κ2) is 6.65. The number of aromatic nitrogens is 2. The molecule has 0 saturated carbocycles. The maximum absolute atomic E-state index is 12.4. The number of aryl methyl sites for hydroxylation is 2.